The average molecular weight is 311 g/mol. The zero-order valence-corrected chi connectivity index (χ0v) is 12.7. The Morgan fingerprint density at radius 3 is 2.81 bits per heavy atom. The summed E-state index contributed by atoms with van der Waals surface area (Å²) >= 11 is 6.09. The SMILES string of the molecule is CN(Cc1ccccc1Cl)C(=O)N1CCCC(C(=O)O)C1. The van der Waals surface area contributed by atoms with Crippen molar-refractivity contribution in [1.29, 1.82) is 0 Å². The van der Waals surface area contributed by atoms with Gasteiger partial charge in [-0.25, -0.2) is 4.79 Å². The van der Waals surface area contributed by atoms with Crippen LogP contribution in [0.25, 0.3) is 0 Å². The molecule has 1 aliphatic heterocycles. The van der Waals surface area contributed by atoms with Crippen LogP contribution in [0.2, 0.25) is 5.02 Å². The van der Waals surface area contributed by atoms with Gasteiger partial charge in [-0.3, -0.25) is 4.79 Å². The predicted molar refractivity (Wildman–Crippen MR) is 80.2 cm³/mol. The van der Waals surface area contributed by atoms with E-state index < -0.39 is 11.9 Å². The molecule has 1 aromatic carbocycles. The summed E-state index contributed by atoms with van der Waals surface area (Å²) in [6.45, 7) is 1.29. The number of rotatable bonds is 3. The van der Waals surface area contributed by atoms with Crippen molar-refractivity contribution in [2.75, 3.05) is 20.1 Å². The van der Waals surface area contributed by atoms with Gasteiger partial charge in [-0.05, 0) is 24.5 Å². The number of carboxylic acids is 1. The first-order chi connectivity index (χ1) is 9.99. The molecule has 1 saturated heterocycles. The van der Waals surface area contributed by atoms with E-state index in [1.165, 1.54) is 0 Å². The molecule has 0 spiro atoms. The molecule has 0 radical (unpaired) electrons. The zero-order chi connectivity index (χ0) is 15.4. The number of likely N-dealkylation sites (tertiary alicyclic amines) is 1. The standard InChI is InChI=1S/C15H19ClN2O3/c1-17(9-11-5-2-3-7-13(11)16)15(21)18-8-4-6-12(10-18)14(19)20/h2-3,5,7,12H,4,6,8-10H2,1H3,(H,19,20). The minimum Gasteiger partial charge on any atom is -0.481 e. The minimum absolute atomic E-state index is 0.152. The number of halogens is 1. The first-order valence-electron chi connectivity index (χ1n) is 6.95. The van der Waals surface area contributed by atoms with Gasteiger partial charge in [-0.1, -0.05) is 29.8 Å². The molecule has 0 aliphatic carbocycles. The number of benzene rings is 1. The fourth-order valence-electron chi connectivity index (χ4n) is 2.54. The number of carbonyl (C=O) groups excluding carboxylic acids is 1. The summed E-state index contributed by atoms with van der Waals surface area (Å²) in [6, 6.07) is 7.23. The number of nitrogens with zero attached hydrogens (tertiary/aromatic N) is 2. The number of hydrogen-bond donors (Lipinski definition) is 1. The third-order valence-corrected chi connectivity index (χ3v) is 4.10. The molecule has 1 unspecified atom stereocenters. The molecule has 5 nitrogen and oxygen atoms in total. The third kappa shape index (κ3) is 3.88. The zero-order valence-electron chi connectivity index (χ0n) is 12.0. The van der Waals surface area contributed by atoms with E-state index in [4.69, 9.17) is 16.7 Å². The molecule has 114 valence electrons. The summed E-state index contributed by atoms with van der Waals surface area (Å²) in [7, 11) is 1.70. The van der Waals surface area contributed by atoms with Crippen LogP contribution in [-0.2, 0) is 11.3 Å². The van der Waals surface area contributed by atoms with Crippen molar-refractivity contribution in [3.63, 3.8) is 0 Å². The largest absolute Gasteiger partial charge is 0.481 e. The van der Waals surface area contributed by atoms with E-state index in [9.17, 15) is 9.59 Å². The lowest BCUT2D eigenvalue weighted by molar-refractivity contribution is -0.143. The first kappa shape index (κ1) is 15.6. The quantitative estimate of drug-likeness (QED) is 0.933. The molecule has 2 amide bonds. The van der Waals surface area contributed by atoms with E-state index in [-0.39, 0.29) is 12.6 Å². The van der Waals surface area contributed by atoms with Gasteiger partial charge in [-0.15, -0.1) is 0 Å². The Morgan fingerprint density at radius 1 is 1.43 bits per heavy atom. The maximum absolute atomic E-state index is 12.4. The van der Waals surface area contributed by atoms with E-state index in [0.29, 0.717) is 24.5 Å². The van der Waals surface area contributed by atoms with Crippen LogP contribution < -0.4 is 0 Å². The second-order valence-electron chi connectivity index (χ2n) is 5.35. The highest BCUT2D eigenvalue weighted by Crippen LogP contribution is 2.20. The number of carbonyl (C=O) groups is 2. The molecule has 1 fully saturated rings. The summed E-state index contributed by atoms with van der Waals surface area (Å²) in [6.07, 6.45) is 1.36. The summed E-state index contributed by atoms with van der Waals surface area (Å²) in [5, 5.41) is 9.70. The Morgan fingerprint density at radius 2 is 2.14 bits per heavy atom. The van der Waals surface area contributed by atoms with Crippen molar-refractivity contribution in [2.45, 2.75) is 19.4 Å². The fraction of sp³-hybridized carbons (Fsp3) is 0.467. The summed E-state index contributed by atoms with van der Waals surface area (Å²) in [4.78, 5) is 26.6. The van der Waals surface area contributed by atoms with Crippen molar-refractivity contribution in [3.8, 4) is 0 Å². The molecule has 6 heteroatoms. The lowest BCUT2D eigenvalue weighted by Gasteiger charge is -2.33. The molecular weight excluding hydrogens is 292 g/mol. The number of urea groups is 1. The Labute approximate surface area is 129 Å². The summed E-state index contributed by atoms with van der Waals surface area (Å²) in [5.74, 6) is -1.29. The van der Waals surface area contributed by atoms with Gasteiger partial charge in [0.2, 0.25) is 0 Å². The highest BCUT2D eigenvalue weighted by Gasteiger charge is 2.29. The Balaban J connectivity index is 1.99. The fourth-order valence-corrected chi connectivity index (χ4v) is 2.74. The molecule has 1 N–H and O–H groups in total. The van der Waals surface area contributed by atoms with Crippen LogP contribution in [0.3, 0.4) is 0 Å². The maximum atomic E-state index is 12.4. The van der Waals surface area contributed by atoms with Gasteiger partial charge in [-0.2, -0.15) is 0 Å². The monoisotopic (exact) mass is 310 g/mol. The highest BCUT2D eigenvalue weighted by atomic mass is 35.5. The molecule has 1 aromatic rings. The molecule has 0 bridgehead atoms. The minimum atomic E-state index is -0.832. The van der Waals surface area contributed by atoms with Crippen molar-refractivity contribution < 1.29 is 14.7 Å². The summed E-state index contributed by atoms with van der Waals surface area (Å²) < 4.78 is 0. The first-order valence-corrected chi connectivity index (χ1v) is 7.33. The summed E-state index contributed by atoms with van der Waals surface area (Å²) in [5.41, 5.74) is 0.877. The van der Waals surface area contributed by atoms with Gasteiger partial charge < -0.3 is 14.9 Å². The molecular formula is C15H19ClN2O3. The van der Waals surface area contributed by atoms with E-state index in [2.05, 4.69) is 0 Å². The Kier molecular flexibility index (Phi) is 5.07. The average Bonchev–Trinajstić information content (AvgIpc) is 2.49. The normalized spacial score (nSPS) is 18.4. The van der Waals surface area contributed by atoms with Crippen molar-refractivity contribution in [1.82, 2.24) is 9.80 Å². The van der Waals surface area contributed by atoms with Gasteiger partial charge >= 0.3 is 12.0 Å². The van der Waals surface area contributed by atoms with Crippen molar-refractivity contribution in [3.05, 3.63) is 34.9 Å². The number of amides is 2. The van der Waals surface area contributed by atoms with Crippen LogP contribution in [0, 0.1) is 5.92 Å². The van der Waals surface area contributed by atoms with Gasteiger partial charge in [0.15, 0.2) is 0 Å². The van der Waals surface area contributed by atoms with Crippen LogP contribution in [0.1, 0.15) is 18.4 Å². The predicted octanol–water partition coefficient (Wildman–Crippen LogP) is 2.69. The van der Waals surface area contributed by atoms with Gasteiger partial charge in [0.1, 0.15) is 0 Å². The van der Waals surface area contributed by atoms with Gasteiger partial charge in [0, 0.05) is 31.7 Å². The Hall–Kier alpha value is -1.75. The van der Waals surface area contributed by atoms with E-state index >= 15 is 0 Å². The van der Waals surface area contributed by atoms with E-state index in [0.717, 1.165) is 12.0 Å². The Bertz CT molecular complexity index is 535. The molecule has 2 rings (SSSR count). The molecule has 1 heterocycles. The lowest BCUT2D eigenvalue weighted by atomic mass is 9.99. The van der Waals surface area contributed by atoms with Crippen LogP contribution >= 0.6 is 11.6 Å². The number of piperidine rings is 1. The van der Waals surface area contributed by atoms with E-state index in [1.54, 1.807) is 22.9 Å². The number of aliphatic carboxylic acids is 1. The van der Waals surface area contributed by atoms with Gasteiger partial charge in [0.25, 0.3) is 0 Å². The second-order valence-corrected chi connectivity index (χ2v) is 5.76. The number of carboxylic acid groups (broad SMARTS) is 1. The highest BCUT2D eigenvalue weighted by molar-refractivity contribution is 6.31. The smallest absolute Gasteiger partial charge is 0.320 e. The van der Waals surface area contributed by atoms with E-state index in [1.807, 2.05) is 18.2 Å². The van der Waals surface area contributed by atoms with Crippen LogP contribution in [0.15, 0.2) is 24.3 Å². The molecule has 21 heavy (non-hydrogen) atoms. The maximum Gasteiger partial charge on any atom is 0.320 e. The van der Waals surface area contributed by atoms with Crippen molar-refractivity contribution in [2.24, 2.45) is 5.92 Å². The number of hydrogen-bond acceptors (Lipinski definition) is 2. The van der Waals surface area contributed by atoms with Crippen molar-refractivity contribution >= 4 is 23.6 Å². The van der Waals surface area contributed by atoms with Crippen LogP contribution in [-0.4, -0.2) is 47.0 Å². The molecule has 0 saturated carbocycles. The molecule has 1 aliphatic rings. The van der Waals surface area contributed by atoms with Gasteiger partial charge in [0.05, 0.1) is 5.92 Å². The lowest BCUT2D eigenvalue weighted by Crippen LogP contribution is -2.47. The molecule has 1 atom stereocenters. The second kappa shape index (κ2) is 6.80. The van der Waals surface area contributed by atoms with Crippen LogP contribution in [0.5, 0.6) is 0 Å². The van der Waals surface area contributed by atoms with Crippen LogP contribution in [0.4, 0.5) is 4.79 Å². The topological polar surface area (TPSA) is 60.9 Å². The third-order valence-electron chi connectivity index (χ3n) is 3.73. The molecule has 0 aromatic heterocycles.